The number of likely N-dealkylation sites (tertiary alicyclic amines) is 1. The molecule has 1 heterocycles. The van der Waals surface area contributed by atoms with Crippen molar-refractivity contribution in [2.24, 2.45) is 17.6 Å². The molecule has 3 atom stereocenters. The highest BCUT2D eigenvalue weighted by molar-refractivity contribution is 5.18. The highest BCUT2D eigenvalue weighted by Crippen LogP contribution is 2.23. The first-order valence-electron chi connectivity index (χ1n) is 6.69. The first-order valence-corrected chi connectivity index (χ1v) is 6.69. The van der Waals surface area contributed by atoms with Gasteiger partial charge in [-0.25, -0.2) is 0 Å². The minimum atomic E-state index is 0.150. The van der Waals surface area contributed by atoms with Crippen LogP contribution < -0.4 is 5.73 Å². The minimum absolute atomic E-state index is 0.150. The van der Waals surface area contributed by atoms with Crippen LogP contribution >= 0.6 is 0 Å². The normalized spacial score (nSPS) is 27.9. The Balaban J connectivity index is 1.89. The Labute approximate surface area is 105 Å². The lowest BCUT2D eigenvalue weighted by atomic mass is 9.88. The van der Waals surface area contributed by atoms with E-state index in [1.165, 1.54) is 25.1 Å². The molecule has 3 unspecified atom stereocenters. The Bertz CT molecular complexity index is 336. The van der Waals surface area contributed by atoms with E-state index in [9.17, 15) is 0 Å². The predicted molar refractivity (Wildman–Crippen MR) is 72.8 cm³/mol. The van der Waals surface area contributed by atoms with Crippen LogP contribution in [0.15, 0.2) is 30.3 Å². The number of rotatable bonds is 3. The molecule has 2 nitrogen and oxygen atoms in total. The summed E-state index contributed by atoms with van der Waals surface area (Å²) in [6.45, 7) is 8.10. The van der Waals surface area contributed by atoms with Crippen molar-refractivity contribution in [3.8, 4) is 0 Å². The van der Waals surface area contributed by atoms with Crippen LogP contribution in [-0.2, 0) is 0 Å². The molecule has 0 saturated carbocycles. The molecule has 1 aromatic rings. The van der Waals surface area contributed by atoms with E-state index in [1.54, 1.807) is 0 Å². The maximum Gasteiger partial charge on any atom is 0.0424 e. The van der Waals surface area contributed by atoms with Gasteiger partial charge in [-0.1, -0.05) is 44.2 Å². The molecule has 0 radical (unpaired) electrons. The lowest BCUT2D eigenvalue weighted by Crippen LogP contribution is -2.41. The number of nitrogens with zero attached hydrogens (tertiary/aromatic N) is 1. The Morgan fingerprint density at radius 2 is 1.94 bits per heavy atom. The molecule has 17 heavy (non-hydrogen) atoms. The van der Waals surface area contributed by atoms with Gasteiger partial charge >= 0.3 is 0 Å². The van der Waals surface area contributed by atoms with Crippen LogP contribution in [0.5, 0.6) is 0 Å². The van der Waals surface area contributed by atoms with Crippen molar-refractivity contribution in [1.29, 1.82) is 0 Å². The molecular weight excluding hydrogens is 208 g/mol. The highest BCUT2D eigenvalue weighted by Gasteiger charge is 2.23. The van der Waals surface area contributed by atoms with Crippen molar-refractivity contribution in [1.82, 2.24) is 4.90 Å². The zero-order valence-corrected chi connectivity index (χ0v) is 11.0. The first-order chi connectivity index (χ1) is 8.16. The molecular formula is C15H24N2. The Morgan fingerprint density at radius 3 is 2.59 bits per heavy atom. The van der Waals surface area contributed by atoms with Gasteiger partial charge < -0.3 is 10.6 Å². The maximum absolute atomic E-state index is 6.26. The van der Waals surface area contributed by atoms with E-state index in [2.05, 4.69) is 43.0 Å². The van der Waals surface area contributed by atoms with Crippen LogP contribution in [0.4, 0.5) is 0 Å². The summed E-state index contributed by atoms with van der Waals surface area (Å²) in [4.78, 5) is 2.52. The second-order valence-electron chi connectivity index (χ2n) is 5.52. The van der Waals surface area contributed by atoms with Gasteiger partial charge in [0.05, 0.1) is 0 Å². The summed E-state index contributed by atoms with van der Waals surface area (Å²) in [6.07, 6.45) is 1.31. The molecule has 0 aromatic heterocycles. The fourth-order valence-corrected chi connectivity index (χ4v) is 2.60. The zero-order chi connectivity index (χ0) is 12.3. The minimum Gasteiger partial charge on any atom is -0.323 e. The van der Waals surface area contributed by atoms with Crippen molar-refractivity contribution in [2.75, 3.05) is 19.6 Å². The van der Waals surface area contributed by atoms with Crippen molar-refractivity contribution in [3.05, 3.63) is 35.9 Å². The van der Waals surface area contributed by atoms with E-state index in [0.29, 0.717) is 0 Å². The molecule has 0 spiro atoms. The number of piperidine rings is 1. The fraction of sp³-hybridized carbons (Fsp3) is 0.600. The maximum atomic E-state index is 6.26. The molecule has 0 aliphatic carbocycles. The van der Waals surface area contributed by atoms with Crippen LogP contribution in [0.25, 0.3) is 0 Å². The SMILES string of the molecule is CC1CCN(CC(N)c2ccccc2)CC1C. The van der Waals surface area contributed by atoms with Crippen molar-refractivity contribution in [3.63, 3.8) is 0 Å². The van der Waals surface area contributed by atoms with E-state index < -0.39 is 0 Å². The number of benzene rings is 1. The van der Waals surface area contributed by atoms with Crippen molar-refractivity contribution >= 4 is 0 Å². The van der Waals surface area contributed by atoms with Crippen LogP contribution in [0.3, 0.4) is 0 Å². The predicted octanol–water partition coefficient (Wildman–Crippen LogP) is 2.66. The summed E-state index contributed by atoms with van der Waals surface area (Å²) in [5.74, 6) is 1.66. The Kier molecular flexibility index (Phi) is 4.19. The quantitative estimate of drug-likeness (QED) is 0.868. The molecule has 1 saturated heterocycles. The third kappa shape index (κ3) is 3.30. The molecule has 2 N–H and O–H groups in total. The van der Waals surface area contributed by atoms with Crippen molar-refractivity contribution < 1.29 is 0 Å². The third-order valence-electron chi connectivity index (χ3n) is 4.10. The van der Waals surface area contributed by atoms with Crippen LogP contribution in [0.1, 0.15) is 31.9 Å². The van der Waals surface area contributed by atoms with Gasteiger partial charge in [-0.05, 0) is 30.4 Å². The molecule has 0 bridgehead atoms. The lowest BCUT2D eigenvalue weighted by Gasteiger charge is -2.36. The standard InChI is InChI=1S/C15H24N2/c1-12-8-9-17(10-13(12)2)11-15(16)14-6-4-3-5-7-14/h3-7,12-13,15H,8-11,16H2,1-2H3. The second-order valence-corrected chi connectivity index (χ2v) is 5.52. The molecule has 1 aliphatic heterocycles. The Hall–Kier alpha value is -0.860. The van der Waals surface area contributed by atoms with Crippen molar-refractivity contribution in [2.45, 2.75) is 26.3 Å². The number of nitrogens with two attached hydrogens (primary N) is 1. The molecule has 1 fully saturated rings. The van der Waals surface area contributed by atoms with Gasteiger partial charge in [0.15, 0.2) is 0 Å². The zero-order valence-electron chi connectivity index (χ0n) is 11.0. The van der Waals surface area contributed by atoms with Gasteiger partial charge in [0, 0.05) is 19.1 Å². The average molecular weight is 232 g/mol. The van der Waals surface area contributed by atoms with E-state index >= 15 is 0 Å². The molecule has 94 valence electrons. The van der Waals surface area contributed by atoms with Gasteiger partial charge in [-0.3, -0.25) is 0 Å². The van der Waals surface area contributed by atoms with Crippen LogP contribution in [0.2, 0.25) is 0 Å². The first kappa shape index (κ1) is 12.6. The largest absolute Gasteiger partial charge is 0.323 e. The number of hydrogen-bond acceptors (Lipinski definition) is 2. The van der Waals surface area contributed by atoms with E-state index in [-0.39, 0.29) is 6.04 Å². The van der Waals surface area contributed by atoms with E-state index in [0.717, 1.165) is 18.4 Å². The summed E-state index contributed by atoms with van der Waals surface area (Å²) in [7, 11) is 0. The summed E-state index contributed by atoms with van der Waals surface area (Å²) in [6, 6.07) is 10.6. The number of hydrogen-bond donors (Lipinski definition) is 1. The molecule has 2 rings (SSSR count). The van der Waals surface area contributed by atoms with E-state index in [1.807, 2.05) is 6.07 Å². The van der Waals surface area contributed by atoms with Crippen LogP contribution in [0, 0.1) is 11.8 Å². The van der Waals surface area contributed by atoms with Gasteiger partial charge in [0.25, 0.3) is 0 Å². The average Bonchev–Trinajstić information content (AvgIpc) is 2.35. The van der Waals surface area contributed by atoms with E-state index in [4.69, 9.17) is 5.73 Å². The second kappa shape index (κ2) is 5.65. The molecule has 1 aromatic carbocycles. The highest BCUT2D eigenvalue weighted by atomic mass is 15.1. The summed E-state index contributed by atoms with van der Waals surface area (Å²) >= 11 is 0. The summed E-state index contributed by atoms with van der Waals surface area (Å²) in [5, 5.41) is 0. The lowest BCUT2D eigenvalue weighted by molar-refractivity contribution is 0.132. The smallest absolute Gasteiger partial charge is 0.0424 e. The molecule has 1 aliphatic rings. The fourth-order valence-electron chi connectivity index (χ4n) is 2.60. The van der Waals surface area contributed by atoms with Crippen LogP contribution in [-0.4, -0.2) is 24.5 Å². The van der Waals surface area contributed by atoms with Gasteiger partial charge in [-0.2, -0.15) is 0 Å². The molecule has 2 heteroatoms. The summed E-state index contributed by atoms with van der Waals surface area (Å²) in [5.41, 5.74) is 7.51. The summed E-state index contributed by atoms with van der Waals surface area (Å²) < 4.78 is 0. The molecule has 0 amide bonds. The van der Waals surface area contributed by atoms with Gasteiger partial charge in [0.2, 0.25) is 0 Å². The van der Waals surface area contributed by atoms with Gasteiger partial charge in [-0.15, -0.1) is 0 Å². The topological polar surface area (TPSA) is 29.3 Å². The monoisotopic (exact) mass is 232 g/mol. The Morgan fingerprint density at radius 1 is 1.24 bits per heavy atom. The third-order valence-corrected chi connectivity index (χ3v) is 4.10. The van der Waals surface area contributed by atoms with Gasteiger partial charge in [0.1, 0.15) is 0 Å².